The Morgan fingerprint density at radius 2 is 2.03 bits per heavy atom. The Bertz CT molecular complexity index is 783. The second-order valence-corrected chi connectivity index (χ2v) is 7.69. The van der Waals surface area contributed by atoms with Crippen molar-refractivity contribution < 1.29 is 9.53 Å². The number of rotatable bonds is 9. The smallest absolute Gasteiger partial charge is 0.273 e. The molecule has 1 aromatic heterocycles. The average molecular weight is 401 g/mol. The lowest BCUT2D eigenvalue weighted by atomic mass is 10.0. The first-order chi connectivity index (χ1) is 14.1. The maximum absolute atomic E-state index is 12.2. The Morgan fingerprint density at radius 1 is 1.28 bits per heavy atom. The molecule has 29 heavy (non-hydrogen) atoms. The normalized spacial score (nSPS) is 15.6. The molecule has 0 unspecified atom stereocenters. The highest BCUT2D eigenvalue weighted by Crippen LogP contribution is 2.25. The highest BCUT2D eigenvalue weighted by atomic mass is 16.5. The molecule has 3 rings (SSSR count). The van der Waals surface area contributed by atoms with E-state index in [4.69, 9.17) is 4.74 Å². The van der Waals surface area contributed by atoms with Gasteiger partial charge in [-0.1, -0.05) is 23.4 Å². The summed E-state index contributed by atoms with van der Waals surface area (Å²) in [5, 5.41) is 11.2. The maximum Gasteiger partial charge on any atom is 0.273 e. The average Bonchev–Trinajstić information content (AvgIpc) is 3.20. The summed E-state index contributed by atoms with van der Waals surface area (Å²) in [5.74, 6) is 0.807. The van der Waals surface area contributed by atoms with E-state index < -0.39 is 0 Å². The minimum Gasteiger partial charge on any atom is -0.494 e. The lowest BCUT2D eigenvalue weighted by Gasteiger charge is -2.32. The zero-order chi connectivity index (χ0) is 20.6. The minimum atomic E-state index is -0.164. The molecule has 8 heteroatoms. The zero-order valence-corrected chi connectivity index (χ0v) is 17.7. The van der Waals surface area contributed by atoms with Gasteiger partial charge in [-0.15, -0.1) is 5.10 Å². The number of nitrogens with one attached hydrogen (secondary N) is 1. The molecule has 1 saturated heterocycles. The van der Waals surface area contributed by atoms with E-state index in [9.17, 15) is 4.79 Å². The van der Waals surface area contributed by atoms with Gasteiger partial charge in [0.25, 0.3) is 5.91 Å². The second-order valence-electron chi connectivity index (χ2n) is 7.69. The number of carbonyl (C=O) groups is 1. The number of piperidine rings is 1. The van der Waals surface area contributed by atoms with Crippen LogP contribution < -0.4 is 10.1 Å². The van der Waals surface area contributed by atoms with E-state index in [-0.39, 0.29) is 11.9 Å². The summed E-state index contributed by atoms with van der Waals surface area (Å²) >= 11 is 0. The molecule has 8 nitrogen and oxygen atoms in total. The molecule has 2 heterocycles. The van der Waals surface area contributed by atoms with Gasteiger partial charge >= 0.3 is 0 Å². The van der Waals surface area contributed by atoms with Gasteiger partial charge in [0.05, 0.1) is 18.8 Å². The van der Waals surface area contributed by atoms with Gasteiger partial charge in [0.1, 0.15) is 5.75 Å². The van der Waals surface area contributed by atoms with Crippen LogP contribution in [0.25, 0.3) is 0 Å². The van der Waals surface area contributed by atoms with Crippen LogP contribution in [0.4, 0.5) is 0 Å². The number of benzene rings is 1. The number of ether oxygens (including phenoxy) is 1. The van der Waals surface area contributed by atoms with Gasteiger partial charge in [0.15, 0.2) is 5.69 Å². The molecule has 0 atom stereocenters. The summed E-state index contributed by atoms with van der Waals surface area (Å²) in [7, 11) is 3.95. The summed E-state index contributed by atoms with van der Waals surface area (Å²) < 4.78 is 7.60. The first-order valence-electron chi connectivity index (χ1n) is 10.3. The summed E-state index contributed by atoms with van der Waals surface area (Å²) in [4.78, 5) is 16.7. The van der Waals surface area contributed by atoms with E-state index in [2.05, 4.69) is 32.7 Å². The summed E-state index contributed by atoms with van der Waals surface area (Å²) in [6, 6.07) is 8.52. The van der Waals surface area contributed by atoms with Gasteiger partial charge in [-0.05, 0) is 39.9 Å². The largest absolute Gasteiger partial charge is 0.494 e. The van der Waals surface area contributed by atoms with Gasteiger partial charge in [-0.25, -0.2) is 4.68 Å². The highest BCUT2D eigenvalue weighted by Gasteiger charge is 2.23. The molecule has 0 bridgehead atoms. The zero-order valence-electron chi connectivity index (χ0n) is 17.7. The van der Waals surface area contributed by atoms with E-state index in [0.717, 1.165) is 44.8 Å². The Labute approximate surface area is 172 Å². The number of hydrogen-bond donors (Lipinski definition) is 1. The summed E-state index contributed by atoms with van der Waals surface area (Å²) in [6.07, 6.45) is 3.75. The summed E-state index contributed by atoms with van der Waals surface area (Å²) in [6.45, 7) is 6.93. The number of aromatic nitrogens is 3. The lowest BCUT2D eigenvalue weighted by Crippen LogP contribution is -2.34. The number of hydrogen-bond acceptors (Lipinski definition) is 6. The van der Waals surface area contributed by atoms with Gasteiger partial charge in [0.2, 0.25) is 0 Å². The van der Waals surface area contributed by atoms with Crippen LogP contribution in [-0.2, 0) is 6.54 Å². The Kier molecular flexibility index (Phi) is 7.60. The minimum absolute atomic E-state index is 0.164. The standard InChI is InChI=1S/C21H32N6O2/c1-4-29-20-8-6-5-7-17(20)15-26-12-9-18(10-13-26)27-16-19(23-24-27)21(28)22-11-14-25(2)3/h5-8,16,18H,4,9-15H2,1-3H3,(H,22,28). The monoisotopic (exact) mass is 400 g/mol. The van der Waals surface area contributed by atoms with E-state index in [0.29, 0.717) is 18.8 Å². The number of nitrogens with zero attached hydrogens (tertiary/aromatic N) is 5. The first-order valence-corrected chi connectivity index (χ1v) is 10.3. The van der Waals surface area contributed by atoms with Gasteiger partial charge in [-0.2, -0.15) is 0 Å². The SMILES string of the molecule is CCOc1ccccc1CN1CCC(n2cc(C(=O)NCCN(C)C)nn2)CC1. The molecule has 0 saturated carbocycles. The van der Waals surface area contributed by atoms with Crippen LogP contribution in [0.15, 0.2) is 30.5 Å². The van der Waals surface area contributed by atoms with Crippen LogP contribution in [0, 0.1) is 0 Å². The molecule has 1 aliphatic heterocycles. The Hall–Kier alpha value is -2.45. The molecular weight excluding hydrogens is 368 g/mol. The van der Waals surface area contributed by atoms with Crippen molar-refractivity contribution in [1.29, 1.82) is 0 Å². The molecule has 0 radical (unpaired) electrons. The molecule has 1 aromatic carbocycles. The number of likely N-dealkylation sites (N-methyl/N-ethyl adjacent to an activating group) is 1. The highest BCUT2D eigenvalue weighted by molar-refractivity contribution is 5.91. The molecule has 158 valence electrons. The molecule has 1 N–H and O–H groups in total. The molecular formula is C21H32N6O2. The summed E-state index contributed by atoms with van der Waals surface area (Å²) in [5.41, 5.74) is 1.61. The quantitative estimate of drug-likeness (QED) is 0.692. The molecule has 2 aromatic rings. The Balaban J connectivity index is 1.50. The van der Waals surface area contributed by atoms with Crippen molar-refractivity contribution in [1.82, 2.24) is 30.1 Å². The number of carbonyl (C=O) groups excluding carboxylic acids is 1. The molecule has 1 fully saturated rings. The van der Waals surface area contributed by atoms with Crippen molar-refractivity contribution in [3.63, 3.8) is 0 Å². The van der Waals surface area contributed by atoms with Crippen LogP contribution in [-0.4, -0.2) is 77.6 Å². The van der Waals surface area contributed by atoms with E-state index in [1.54, 1.807) is 6.20 Å². The number of amides is 1. The number of para-hydroxylation sites is 1. The lowest BCUT2D eigenvalue weighted by molar-refractivity contribution is 0.0946. The van der Waals surface area contributed by atoms with Crippen molar-refractivity contribution in [3.8, 4) is 5.75 Å². The van der Waals surface area contributed by atoms with Gasteiger partial charge in [0, 0.05) is 38.3 Å². The first kappa shape index (κ1) is 21.3. The fourth-order valence-electron chi connectivity index (χ4n) is 3.56. The second kappa shape index (κ2) is 10.4. The number of likely N-dealkylation sites (tertiary alicyclic amines) is 1. The molecule has 1 aliphatic rings. The predicted octanol–water partition coefficient (Wildman–Crippen LogP) is 1.81. The van der Waals surface area contributed by atoms with Crippen LogP contribution in [0.3, 0.4) is 0 Å². The van der Waals surface area contributed by atoms with Gasteiger partial charge in [-0.3, -0.25) is 9.69 Å². The molecule has 0 aliphatic carbocycles. The van der Waals surface area contributed by atoms with Crippen molar-refractivity contribution in [2.45, 2.75) is 32.4 Å². The molecule has 0 spiro atoms. The van der Waals surface area contributed by atoms with Crippen molar-refractivity contribution in [2.24, 2.45) is 0 Å². The maximum atomic E-state index is 12.2. The van der Waals surface area contributed by atoms with Crippen molar-refractivity contribution >= 4 is 5.91 Å². The topological polar surface area (TPSA) is 75.5 Å². The van der Waals surface area contributed by atoms with Crippen molar-refractivity contribution in [2.75, 3.05) is 46.9 Å². The van der Waals surface area contributed by atoms with Crippen LogP contribution in [0.5, 0.6) is 5.75 Å². The van der Waals surface area contributed by atoms with Crippen LogP contribution in [0.1, 0.15) is 41.9 Å². The van der Waals surface area contributed by atoms with Crippen LogP contribution in [0.2, 0.25) is 0 Å². The fraction of sp³-hybridized carbons (Fsp3) is 0.571. The third-order valence-corrected chi connectivity index (χ3v) is 5.19. The fourth-order valence-corrected chi connectivity index (χ4v) is 3.56. The van der Waals surface area contributed by atoms with E-state index in [1.807, 2.05) is 42.7 Å². The molecule has 1 amide bonds. The van der Waals surface area contributed by atoms with Crippen LogP contribution >= 0.6 is 0 Å². The third kappa shape index (κ3) is 6.01. The van der Waals surface area contributed by atoms with Gasteiger partial charge < -0.3 is 15.0 Å². The third-order valence-electron chi connectivity index (χ3n) is 5.19. The van der Waals surface area contributed by atoms with Crippen molar-refractivity contribution in [3.05, 3.63) is 41.7 Å². The van der Waals surface area contributed by atoms with E-state index in [1.165, 1.54) is 5.56 Å². The van der Waals surface area contributed by atoms with E-state index >= 15 is 0 Å². The predicted molar refractivity (Wildman–Crippen MR) is 112 cm³/mol. The Morgan fingerprint density at radius 3 is 2.76 bits per heavy atom.